The quantitative estimate of drug-likeness (QED) is 0.583. The summed E-state index contributed by atoms with van der Waals surface area (Å²) in [6.07, 6.45) is 2.03. The number of aryl methyl sites for hydroxylation is 2. The molecular weight excluding hydrogens is 449 g/mol. The van der Waals surface area contributed by atoms with Gasteiger partial charge in [-0.05, 0) is 76.2 Å². The van der Waals surface area contributed by atoms with Crippen LogP contribution in [0.3, 0.4) is 0 Å². The molecule has 25 heavy (non-hydrogen) atoms. The molecule has 0 unspecified atom stereocenters. The molecular formula is C19H16INO3S. The highest BCUT2D eigenvalue weighted by molar-refractivity contribution is 14.1. The molecule has 0 saturated heterocycles. The number of benzene rings is 3. The summed E-state index contributed by atoms with van der Waals surface area (Å²) in [6, 6.07) is 14.8. The lowest BCUT2D eigenvalue weighted by molar-refractivity contribution is 0.411. The number of halogens is 1. The fourth-order valence-electron chi connectivity index (χ4n) is 3.35. The summed E-state index contributed by atoms with van der Waals surface area (Å²) in [5.74, 6) is 0.657. The number of anilines is 1. The van der Waals surface area contributed by atoms with E-state index in [1.165, 1.54) is 16.5 Å². The van der Waals surface area contributed by atoms with Crippen LogP contribution in [-0.2, 0) is 22.9 Å². The van der Waals surface area contributed by atoms with Crippen LogP contribution < -0.4 is 9.46 Å². The zero-order valence-electron chi connectivity index (χ0n) is 13.5. The summed E-state index contributed by atoms with van der Waals surface area (Å²) in [5.41, 5.74) is 3.19. The lowest BCUT2D eigenvalue weighted by Gasteiger charge is -2.13. The maximum absolute atomic E-state index is 12.8. The topological polar surface area (TPSA) is 55.4 Å². The van der Waals surface area contributed by atoms with Gasteiger partial charge >= 0.3 is 0 Å². The predicted molar refractivity (Wildman–Crippen MR) is 108 cm³/mol. The number of sulfonamides is 1. The number of hydrogen-bond acceptors (Lipinski definition) is 3. The third-order valence-corrected chi connectivity index (χ3v) is 6.76. The summed E-state index contributed by atoms with van der Waals surface area (Å²) in [4.78, 5) is 0.223. The predicted octanol–water partition coefficient (Wildman–Crippen LogP) is 4.35. The van der Waals surface area contributed by atoms with Gasteiger partial charge in [-0.2, -0.15) is 0 Å². The molecule has 0 aromatic heterocycles. The molecule has 4 rings (SSSR count). The Balaban J connectivity index is 1.78. The van der Waals surface area contributed by atoms with E-state index < -0.39 is 10.0 Å². The lowest BCUT2D eigenvalue weighted by atomic mass is 10.0. The van der Waals surface area contributed by atoms with E-state index in [1.54, 1.807) is 25.3 Å². The van der Waals surface area contributed by atoms with Crippen LogP contribution >= 0.6 is 22.6 Å². The molecule has 0 heterocycles. The van der Waals surface area contributed by atoms with Crippen LogP contribution in [-0.4, -0.2) is 15.5 Å². The van der Waals surface area contributed by atoms with Crippen LogP contribution in [0.5, 0.6) is 5.75 Å². The highest BCUT2D eigenvalue weighted by Gasteiger charge is 2.20. The van der Waals surface area contributed by atoms with E-state index in [4.69, 9.17) is 4.74 Å². The standard InChI is InChI=1S/C19H16INO3S/c1-24-18-10-8-14(11-16(18)20)25(22,23)21-17-9-7-13-6-5-12-3-2-4-15(17)19(12)13/h2-4,7-11,21H,5-6H2,1H3. The Morgan fingerprint density at radius 1 is 1.04 bits per heavy atom. The maximum atomic E-state index is 12.8. The van der Waals surface area contributed by atoms with Gasteiger partial charge in [-0.15, -0.1) is 0 Å². The number of ether oxygens (including phenoxy) is 1. The minimum absolute atomic E-state index is 0.223. The molecule has 0 radical (unpaired) electrons. The fraction of sp³-hybridized carbons (Fsp3) is 0.158. The van der Waals surface area contributed by atoms with Gasteiger partial charge in [0, 0.05) is 5.39 Å². The van der Waals surface area contributed by atoms with Crippen molar-refractivity contribution in [2.24, 2.45) is 0 Å². The van der Waals surface area contributed by atoms with Gasteiger partial charge in [0.1, 0.15) is 5.75 Å². The minimum Gasteiger partial charge on any atom is -0.496 e. The van der Waals surface area contributed by atoms with Crippen molar-refractivity contribution in [2.75, 3.05) is 11.8 Å². The Morgan fingerprint density at radius 2 is 1.80 bits per heavy atom. The first-order valence-electron chi connectivity index (χ1n) is 7.89. The number of hydrogen-bond donors (Lipinski definition) is 1. The molecule has 3 aromatic carbocycles. The lowest BCUT2D eigenvalue weighted by Crippen LogP contribution is -2.13. The van der Waals surface area contributed by atoms with Crippen molar-refractivity contribution in [1.29, 1.82) is 0 Å². The van der Waals surface area contributed by atoms with Gasteiger partial charge in [-0.3, -0.25) is 4.72 Å². The molecule has 128 valence electrons. The van der Waals surface area contributed by atoms with Gasteiger partial charge in [-0.1, -0.05) is 24.3 Å². The first-order chi connectivity index (χ1) is 12.0. The van der Waals surface area contributed by atoms with Crippen LogP contribution in [0.4, 0.5) is 5.69 Å². The summed E-state index contributed by atoms with van der Waals surface area (Å²) in [6.45, 7) is 0. The van der Waals surface area contributed by atoms with Crippen molar-refractivity contribution >= 4 is 49.1 Å². The van der Waals surface area contributed by atoms with Crippen molar-refractivity contribution in [3.63, 3.8) is 0 Å². The third kappa shape index (κ3) is 2.87. The monoisotopic (exact) mass is 465 g/mol. The van der Waals surface area contributed by atoms with Gasteiger partial charge in [0.15, 0.2) is 0 Å². The smallest absolute Gasteiger partial charge is 0.261 e. The molecule has 1 N–H and O–H groups in total. The van der Waals surface area contributed by atoms with Crippen LogP contribution in [0, 0.1) is 3.57 Å². The fourth-order valence-corrected chi connectivity index (χ4v) is 5.41. The zero-order chi connectivity index (χ0) is 17.6. The summed E-state index contributed by atoms with van der Waals surface area (Å²) in [7, 11) is -2.10. The van der Waals surface area contributed by atoms with Crippen LogP contribution in [0.1, 0.15) is 11.1 Å². The van der Waals surface area contributed by atoms with Crippen LogP contribution in [0.2, 0.25) is 0 Å². The second-order valence-electron chi connectivity index (χ2n) is 6.01. The van der Waals surface area contributed by atoms with Crippen molar-refractivity contribution in [1.82, 2.24) is 0 Å². The third-order valence-electron chi connectivity index (χ3n) is 4.55. The average molecular weight is 465 g/mol. The molecule has 1 aliphatic carbocycles. The summed E-state index contributed by atoms with van der Waals surface area (Å²) >= 11 is 2.07. The summed E-state index contributed by atoms with van der Waals surface area (Å²) < 4.78 is 34.4. The van der Waals surface area contributed by atoms with E-state index in [2.05, 4.69) is 33.4 Å². The van der Waals surface area contributed by atoms with Crippen molar-refractivity contribution in [2.45, 2.75) is 17.7 Å². The maximum Gasteiger partial charge on any atom is 0.261 e. The van der Waals surface area contributed by atoms with E-state index in [1.807, 2.05) is 24.3 Å². The molecule has 0 amide bonds. The zero-order valence-corrected chi connectivity index (χ0v) is 16.5. The van der Waals surface area contributed by atoms with E-state index >= 15 is 0 Å². The second kappa shape index (κ2) is 6.17. The molecule has 3 aromatic rings. The van der Waals surface area contributed by atoms with E-state index in [0.717, 1.165) is 21.8 Å². The first kappa shape index (κ1) is 16.7. The minimum atomic E-state index is -3.67. The largest absolute Gasteiger partial charge is 0.496 e. The van der Waals surface area contributed by atoms with E-state index in [-0.39, 0.29) is 4.90 Å². The Hall–Kier alpha value is -1.80. The van der Waals surface area contributed by atoms with Crippen molar-refractivity contribution in [3.05, 3.63) is 63.2 Å². The molecule has 4 nitrogen and oxygen atoms in total. The van der Waals surface area contributed by atoms with Gasteiger partial charge < -0.3 is 4.74 Å². The second-order valence-corrected chi connectivity index (χ2v) is 8.86. The van der Waals surface area contributed by atoms with Crippen LogP contribution in [0.25, 0.3) is 10.8 Å². The molecule has 0 spiro atoms. The number of rotatable bonds is 4. The van der Waals surface area contributed by atoms with Gasteiger partial charge in [0.25, 0.3) is 10.0 Å². The van der Waals surface area contributed by atoms with E-state index in [0.29, 0.717) is 11.4 Å². The molecule has 0 fully saturated rings. The molecule has 6 heteroatoms. The molecule has 0 aliphatic heterocycles. The normalized spacial score (nSPS) is 13.2. The Morgan fingerprint density at radius 3 is 2.52 bits per heavy atom. The molecule has 0 saturated carbocycles. The SMILES string of the molecule is COc1ccc(S(=O)(=O)Nc2ccc3c4c(cccc24)CC3)cc1I. The average Bonchev–Trinajstić information content (AvgIpc) is 3.02. The van der Waals surface area contributed by atoms with Crippen LogP contribution in [0.15, 0.2) is 53.4 Å². The highest BCUT2D eigenvalue weighted by Crippen LogP contribution is 2.36. The highest BCUT2D eigenvalue weighted by atomic mass is 127. The summed E-state index contributed by atoms with van der Waals surface area (Å²) in [5, 5.41) is 2.14. The van der Waals surface area contributed by atoms with Crippen molar-refractivity contribution in [3.8, 4) is 5.75 Å². The van der Waals surface area contributed by atoms with Gasteiger partial charge in [0.05, 0.1) is 21.3 Å². The number of methoxy groups -OCH3 is 1. The Kier molecular flexibility index (Phi) is 4.11. The van der Waals surface area contributed by atoms with E-state index in [9.17, 15) is 8.42 Å². The molecule has 0 bridgehead atoms. The van der Waals surface area contributed by atoms with Gasteiger partial charge in [-0.25, -0.2) is 8.42 Å². The molecule has 0 atom stereocenters. The molecule has 1 aliphatic rings. The Labute approximate surface area is 160 Å². The number of nitrogens with one attached hydrogen (secondary N) is 1. The Bertz CT molecular complexity index is 1080. The van der Waals surface area contributed by atoms with Crippen molar-refractivity contribution < 1.29 is 13.2 Å². The van der Waals surface area contributed by atoms with Gasteiger partial charge in [0.2, 0.25) is 0 Å². The first-order valence-corrected chi connectivity index (χ1v) is 10.5.